The lowest BCUT2D eigenvalue weighted by atomic mass is 8.43. The maximum absolute atomic E-state index is 12.7. The molecule has 0 aliphatic heterocycles. The molecule has 1 saturated carbocycles. The van der Waals surface area contributed by atoms with Crippen LogP contribution in [0.1, 0.15) is 71.6 Å². The Balaban J connectivity index is 0.000000474. The topological polar surface area (TPSA) is 78.4 Å². The van der Waals surface area contributed by atoms with E-state index in [2.05, 4.69) is 9.97 Å². The van der Waals surface area contributed by atoms with Crippen LogP contribution in [0, 0.1) is 0 Å². The normalized spacial score (nSPS) is 12.4. The second kappa shape index (κ2) is 17.4. The highest BCUT2D eigenvalue weighted by Gasteiger charge is 2.45. The van der Waals surface area contributed by atoms with Gasteiger partial charge in [-0.2, -0.15) is 0 Å². The van der Waals surface area contributed by atoms with Crippen LogP contribution in [0.15, 0.2) is 6.20 Å². The van der Waals surface area contributed by atoms with E-state index in [0.717, 1.165) is 24.1 Å². The van der Waals surface area contributed by atoms with Gasteiger partial charge in [0.05, 0.1) is 11.6 Å². The molecule has 25 heteroatoms. The first-order valence-corrected chi connectivity index (χ1v) is 14.7. The van der Waals surface area contributed by atoms with Gasteiger partial charge in [-0.3, -0.25) is 14.6 Å². The molecule has 6 nitrogen and oxygen atoms in total. The van der Waals surface area contributed by atoms with Crippen molar-refractivity contribution in [2.45, 2.75) is 77.4 Å². The molecule has 1 aromatic rings. The van der Waals surface area contributed by atoms with Crippen molar-refractivity contribution >= 4 is 157 Å². The predicted molar refractivity (Wildman–Crippen MR) is 199 cm³/mol. The summed E-state index contributed by atoms with van der Waals surface area (Å²) in [5.74, 6) is -0.835. The number of halogens is 1. The third-order valence-electron chi connectivity index (χ3n) is 6.46. The van der Waals surface area contributed by atoms with Gasteiger partial charge in [-0.1, -0.05) is 0 Å². The van der Waals surface area contributed by atoms with Crippen LogP contribution in [0.3, 0.4) is 0 Å². The summed E-state index contributed by atoms with van der Waals surface area (Å²) in [5.41, 5.74) is 0.246. The minimum absolute atomic E-state index is 0.101. The first kappa shape index (κ1) is 40.5. The van der Waals surface area contributed by atoms with Gasteiger partial charge in [0.15, 0.2) is 0 Å². The minimum Gasteiger partial charge on any atom is -0.467 e. The SMILES string of the molecule is CC(C)(C)OC(=O)B(C(=O)OC(C)(C)C)c1ncc(CCl)c(C2CC2)n1.[B][B]B(B([B])[B])B(B([B])[B])B(B([B])[B])B([B])[B]. The van der Waals surface area contributed by atoms with E-state index in [1.165, 1.54) is 7.06 Å². The molecular formula is C18H26B18ClN2O4. The molecule has 2 rings (SSSR count). The zero-order chi connectivity index (χ0) is 33.4. The van der Waals surface area contributed by atoms with Gasteiger partial charge in [0.25, 0.3) is 11.7 Å². The standard InChI is InChI=1S/C18H26BClN2O4.B17/c1-17(2,3)25-15(23)19(16(24)26-18(4,5)6)14-21-10-12(9-20)13(22-14)11-7-8-11;1-10-15(11(2)3)17(14(8)9)16(12(4)5)13(6)7/h10-11H,7-9H2,1-6H3;. The van der Waals surface area contributed by atoms with Crippen LogP contribution >= 0.6 is 11.6 Å². The summed E-state index contributed by atoms with van der Waals surface area (Å²) in [6.45, 7) is 9.12. The number of aromatic nitrogens is 2. The Labute approximate surface area is 279 Å². The first-order chi connectivity index (χ1) is 19.6. The van der Waals surface area contributed by atoms with Gasteiger partial charge in [0, 0.05) is 139 Å². The quantitative estimate of drug-likeness (QED) is 0.204. The number of carbonyl (C=O) groups is 2. The van der Waals surface area contributed by atoms with E-state index in [1.54, 1.807) is 47.7 Å². The number of hydrogen-bond donors (Lipinski definition) is 0. The van der Waals surface area contributed by atoms with Crippen molar-refractivity contribution in [2.24, 2.45) is 0 Å². The van der Waals surface area contributed by atoms with Gasteiger partial charge >= 0.3 is 6.71 Å². The van der Waals surface area contributed by atoms with E-state index in [-0.39, 0.29) is 11.6 Å². The lowest BCUT2D eigenvalue weighted by Gasteiger charge is -2.38. The molecule has 1 heterocycles. The molecule has 0 spiro atoms. The molecule has 0 N–H and O–H groups in total. The van der Waals surface area contributed by atoms with Crippen molar-refractivity contribution in [3.05, 3.63) is 17.5 Å². The van der Waals surface area contributed by atoms with Crippen LogP contribution in [0.25, 0.3) is 0 Å². The predicted octanol–water partition coefficient (Wildman–Crippen LogP) is -2.65. The molecule has 0 amide bonds. The molecule has 1 aromatic heterocycles. The lowest BCUT2D eigenvalue weighted by Crippen LogP contribution is -2.76. The molecule has 1 aliphatic carbocycles. The summed E-state index contributed by atoms with van der Waals surface area (Å²) >= 11 is 5.97. The highest BCUT2D eigenvalue weighted by atomic mass is 35.5. The summed E-state index contributed by atoms with van der Waals surface area (Å²) in [4.78, 5) is 34.2. The number of carbonyl (C=O) groups excluding carboxylic acids is 2. The van der Waals surface area contributed by atoms with Gasteiger partial charge in [-0.25, -0.2) is 4.98 Å². The minimum atomic E-state index is -1.32. The van der Waals surface area contributed by atoms with E-state index in [0.29, 0.717) is 5.92 Å². The molecule has 1 fully saturated rings. The van der Waals surface area contributed by atoms with Gasteiger partial charge in [0.2, 0.25) is 0 Å². The Morgan fingerprint density at radius 2 is 1.30 bits per heavy atom. The smallest absolute Gasteiger partial charge is 0.467 e. The number of rotatable bonds is 12. The molecular weight excluding hydrogens is 538 g/mol. The van der Waals surface area contributed by atoms with Gasteiger partial charge < -0.3 is 9.47 Å². The van der Waals surface area contributed by atoms with E-state index in [9.17, 15) is 9.59 Å². The molecule has 0 aromatic carbocycles. The number of hydrogen-bond acceptors (Lipinski definition) is 6. The second-order valence-electron chi connectivity index (χ2n) is 12.8. The summed E-state index contributed by atoms with van der Waals surface area (Å²) in [6, 6.07) is 0. The van der Waals surface area contributed by atoms with Crippen LogP contribution < -0.4 is 5.72 Å². The molecule has 0 atom stereocenters. The summed E-state index contributed by atoms with van der Waals surface area (Å²) in [6.07, 6.45) is -1.04. The Bertz CT molecular complexity index is 1020. The van der Waals surface area contributed by atoms with Crippen LogP contribution in [0.5, 0.6) is 0 Å². The van der Waals surface area contributed by atoms with Crippen molar-refractivity contribution in [3.8, 4) is 0 Å². The van der Waals surface area contributed by atoms with E-state index in [1.807, 2.05) is 0 Å². The third kappa shape index (κ3) is 13.4. The Hall–Kier alpha value is -0.521. The van der Waals surface area contributed by atoms with Crippen molar-refractivity contribution in [3.63, 3.8) is 0 Å². The molecule has 0 saturated heterocycles. The molecule has 0 unspecified atom stereocenters. The number of alkyl halides is 1. The third-order valence-corrected chi connectivity index (χ3v) is 6.74. The fraction of sp³-hybridized carbons (Fsp3) is 0.667. The van der Waals surface area contributed by atoms with Gasteiger partial charge in [-0.15, -0.1) is 11.6 Å². The highest BCUT2D eigenvalue weighted by molar-refractivity contribution is 8.15. The Morgan fingerprint density at radius 3 is 1.60 bits per heavy atom. The summed E-state index contributed by atoms with van der Waals surface area (Å²) in [7, 11) is 52.0. The Morgan fingerprint density at radius 1 is 0.860 bits per heavy atom. The maximum Gasteiger partial charge on any atom is 0.482 e. The lowest BCUT2D eigenvalue weighted by molar-refractivity contribution is 0.0648. The molecule has 19 radical (unpaired) electrons. The zero-order valence-corrected chi connectivity index (χ0v) is 26.8. The van der Waals surface area contributed by atoms with Crippen LogP contribution in [0.4, 0.5) is 9.59 Å². The average Bonchev–Trinajstić information content (AvgIpc) is 3.66. The van der Waals surface area contributed by atoms with E-state index < -0.39 is 74.3 Å². The van der Waals surface area contributed by atoms with Crippen molar-refractivity contribution < 1.29 is 19.1 Å². The van der Waals surface area contributed by atoms with Crippen LogP contribution in [-0.2, 0) is 15.4 Å². The number of nitrogens with zero attached hydrogens (tertiary/aromatic N) is 2. The first-order valence-electron chi connectivity index (χ1n) is 14.1. The molecule has 1 aliphatic rings. The van der Waals surface area contributed by atoms with Crippen LogP contribution in [0.2, 0.25) is 0 Å². The highest BCUT2D eigenvalue weighted by Crippen LogP contribution is 2.40. The molecule has 0 bridgehead atoms. The maximum atomic E-state index is 12.7. The molecule has 193 valence electrons. The fourth-order valence-electron chi connectivity index (χ4n) is 4.47. The van der Waals surface area contributed by atoms with Gasteiger partial charge in [-0.05, 0) is 54.4 Å². The van der Waals surface area contributed by atoms with Crippen LogP contribution in [-0.4, -0.2) is 161 Å². The van der Waals surface area contributed by atoms with Crippen molar-refractivity contribution in [2.75, 3.05) is 0 Å². The fourth-order valence-corrected chi connectivity index (χ4v) is 4.67. The molecule has 43 heavy (non-hydrogen) atoms. The number of ether oxygens (including phenoxy) is 2. The summed E-state index contributed by atoms with van der Waals surface area (Å²) in [5, 5.41) is 0. The zero-order valence-electron chi connectivity index (χ0n) is 26.1. The van der Waals surface area contributed by atoms with E-state index >= 15 is 0 Å². The Kier molecular flexibility index (Phi) is 16.4. The van der Waals surface area contributed by atoms with Crippen molar-refractivity contribution in [1.82, 2.24) is 9.97 Å². The van der Waals surface area contributed by atoms with Crippen molar-refractivity contribution in [1.29, 1.82) is 0 Å². The average molecular weight is 564 g/mol. The largest absolute Gasteiger partial charge is 0.482 e. The monoisotopic (exact) mass is 567 g/mol. The van der Waals surface area contributed by atoms with Gasteiger partial charge in [0.1, 0.15) is 16.9 Å². The second-order valence-corrected chi connectivity index (χ2v) is 13.0. The summed E-state index contributed by atoms with van der Waals surface area (Å²) < 4.78 is 10.8. The van der Waals surface area contributed by atoms with E-state index in [4.69, 9.17) is 90.7 Å².